The van der Waals surface area contributed by atoms with Crippen LogP contribution in [0, 0.1) is 0 Å². The van der Waals surface area contributed by atoms with Crippen molar-refractivity contribution in [1.29, 1.82) is 0 Å². The predicted molar refractivity (Wildman–Crippen MR) is 118 cm³/mol. The Morgan fingerprint density at radius 2 is 2.00 bits per heavy atom. The number of esters is 1. The fraction of sp³-hybridized carbons (Fsp3) is 0.476. The third-order valence-corrected chi connectivity index (χ3v) is 7.90. The lowest BCUT2D eigenvalue weighted by Gasteiger charge is -2.15. The standard InChI is InChI=1S/C21H22F3N3O3S2/c1-4-10(2)30-20(29)15-11-7-5-6-8-13(11)31-18(15)25-17(28)14-9-12-16(21(22,23)24)26-27(3)19(12)32-14/h9-10H,4-8H2,1-3H3,(H,25,28). The number of amides is 1. The van der Waals surface area contributed by atoms with Crippen LogP contribution in [0.3, 0.4) is 0 Å². The van der Waals surface area contributed by atoms with Gasteiger partial charge in [-0.2, -0.15) is 18.3 Å². The van der Waals surface area contributed by atoms with Crippen molar-refractivity contribution < 1.29 is 27.5 Å². The minimum atomic E-state index is -4.62. The second-order valence-corrected chi connectivity index (χ2v) is 9.93. The summed E-state index contributed by atoms with van der Waals surface area (Å²) in [6.45, 7) is 3.72. The van der Waals surface area contributed by atoms with Crippen molar-refractivity contribution in [2.75, 3.05) is 5.32 Å². The smallest absolute Gasteiger partial charge is 0.435 e. The van der Waals surface area contributed by atoms with E-state index >= 15 is 0 Å². The van der Waals surface area contributed by atoms with Gasteiger partial charge in [0.05, 0.1) is 16.5 Å². The zero-order chi connectivity index (χ0) is 23.2. The number of thiophene rings is 2. The van der Waals surface area contributed by atoms with Crippen LogP contribution < -0.4 is 5.32 Å². The molecule has 11 heteroatoms. The van der Waals surface area contributed by atoms with Gasteiger partial charge in [-0.3, -0.25) is 9.48 Å². The predicted octanol–water partition coefficient (Wildman–Crippen LogP) is 5.80. The topological polar surface area (TPSA) is 73.2 Å². The van der Waals surface area contributed by atoms with Gasteiger partial charge >= 0.3 is 12.1 Å². The Bertz CT molecular complexity index is 1190. The molecule has 0 aromatic carbocycles. The summed E-state index contributed by atoms with van der Waals surface area (Å²) in [5.74, 6) is -1.04. The number of nitrogens with zero attached hydrogens (tertiary/aromatic N) is 2. The molecule has 0 saturated carbocycles. The maximum absolute atomic E-state index is 13.3. The number of nitrogens with one attached hydrogen (secondary N) is 1. The van der Waals surface area contributed by atoms with Crippen molar-refractivity contribution in [2.45, 2.75) is 58.2 Å². The van der Waals surface area contributed by atoms with Gasteiger partial charge in [-0.05, 0) is 50.7 Å². The lowest BCUT2D eigenvalue weighted by molar-refractivity contribution is -0.140. The summed E-state index contributed by atoms with van der Waals surface area (Å²) in [6, 6.07) is 1.20. The monoisotopic (exact) mass is 485 g/mol. The summed E-state index contributed by atoms with van der Waals surface area (Å²) in [5, 5.41) is 6.57. The molecule has 1 unspecified atom stereocenters. The average Bonchev–Trinajstić information content (AvgIpc) is 3.39. The molecule has 0 fully saturated rings. The highest BCUT2D eigenvalue weighted by atomic mass is 32.1. The number of alkyl halides is 3. The number of fused-ring (bicyclic) bond motifs is 2. The molecular formula is C21H22F3N3O3S2. The lowest BCUT2D eigenvalue weighted by atomic mass is 9.95. The normalized spacial score (nSPS) is 14.9. The van der Waals surface area contributed by atoms with Gasteiger partial charge in [-0.15, -0.1) is 22.7 Å². The van der Waals surface area contributed by atoms with Gasteiger partial charge in [0.15, 0.2) is 5.69 Å². The number of ether oxygens (including phenoxy) is 1. The van der Waals surface area contributed by atoms with E-state index < -0.39 is 23.7 Å². The third kappa shape index (κ3) is 4.15. The Morgan fingerprint density at radius 1 is 1.28 bits per heavy atom. The van der Waals surface area contributed by atoms with Gasteiger partial charge in [0.25, 0.3) is 5.91 Å². The number of hydrogen-bond donors (Lipinski definition) is 1. The number of aryl methyl sites for hydroxylation is 2. The second kappa shape index (κ2) is 8.51. The van der Waals surface area contributed by atoms with Gasteiger partial charge in [0.1, 0.15) is 9.83 Å². The van der Waals surface area contributed by atoms with Crippen LogP contribution in [0.15, 0.2) is 6.07 Å². The molecule has 3 aromatic heterocycles. The van der Waals surface area contributed by atoms with E-state index in [1.54, 1.807) is 6.92 Å². The second-order valence-electron chi connectivity index (χ2n) is 7.79. The summed E-state index contributed by atoms with van der Waals surface area (Å²) >= 11 is 2.27. The Hall–Kier alpha value is -2.40. The molecule has 1 aliphatic carbocycles. The van der Waals surface area contributed by atoms with Gasteiger partial charge in [-0.1, -0.05) is 6.92 Å². The van der Waals surface area contributed by atoms with E-state index in [9.17, 15) is 22.8 Å². The summed E-state index contributed by atoms with van der Waals surface area (Å²) in [7, 11) is 1.41. The van der Waals surface area contributed by atoms with Crippen LogP contribution >= 0.6 is 22.7 Å². The van der Waals surface area contributed by atoms with E-state index in [4.69, 9.17) is 4.74 Å². The maximum Gasteiger partial charge on any atom is 0.435 e. The molecule has 3 heterocycles. The van der Waals surface area contributed by atoms with Crippen molar-refractivity contribution in [2.24, 2.45) is 7.05 Å². The van der Waals surface area contributed by atoms with E-state index in [1.165, 1.54) is 24.5 Å². The van der Waals surface area contributed by atoms with E-state index in [0.717, 1.165) is 52.1 Å². The quantitative estimate of drug-likeness (QED) is 0.464. The van der Waals surface area contributed by atoms with Crippen molar-refractivity contribution in [3.63, 3.8) is 0 Å². The first-order valence-electron chi connectivity index (χ1n) is 10.3. The molecule has 1 aliphatic rings. The Kier molecular flexibility index (Phi) is 6.06. The number of anilines is 1. The van der Waals surface area contributed by atoms with E-state index in [2.05, 4.69) is 10.4 Å². The van der Waals surface area contributed by atoms with Gasteiger partial charge in [0, 0.05) is 17.3 Å². The molecule has 172 valence electrons. The zero-order valence-electron chi connectivity index (χ0n) is 17.8. The van der Waals surface area contributed by atoms with E-state index in [1.807, 2.05) is 6.92 Å². The largest absolute Gasteiger partial charge is 0.459 e. The number of halogens is 3. The van der Waals surface area contributed by atoms with Crippen LogP contribution in [0.25, 0.3) is 10.2 Å². The fourth-order valence-corrected chi connectivity index (χ4v) is 5.96. The fourth-order valence-electron chi connectivity index (χ4n) is 3.72. The van der Waals surface area contributed by atoms with Gasteiger partial charge < -0.3 is 10.1 Å². The summed E-state index contributed by atoms with van der Waals surface area (Å²) < 4.78 is 46.5. The van der Waals surface area contributed by atoms with Crippen molar-refractivity contribution >= 4 is 49.8 Å². The highest BCUT2D eigenvalue weighted by Gasteiger charge is 2.37. The number of aromatic nitrogens is 2. The van der Waals surface area contributed by atoms with Crippen LogP contribution in [0.2, 0.25) is 0 Å². The SMILES string of the molecule is CCC(C)OC(=O)c1c(NC(=O)c2cc3c(C(F)(F)F)nn(C)c3s2)sc2c1CCCC2. The molecule has 1 amide bonds. The number of carbonyl (C=O) groups is 2. The minimum Gasteiger partial charge on any atom is -0.459 e. The Morgan fingerprint density at radius 3 is 2.69 bits per heavy atom. The highest BCUT2D eigenvalue weighted by Crippen LogP contribution is 2.40. The first-order chi connectivity index (χ1) is 15.1. The minimum absolute atomic E-state index is 0.114. The highest BCUT2D eigenvalue weighted by molar-refractivity contribution is 7.21. The van der Waals surface area contributed by atoms with Crippen molar-refractivity contribution in [1.82, 2.24) is 9.78 Å². The number of carbonyl (C=O) groups excluding carboxylic acids is 2. The van der Waals surface area contributed by atoms with Crippen molar-refractivity contribution in [3.8, 4) is 0 Å². The molecular weight excluding hydrogens is 463 g/mol. The van der Waals surface area contributed by atoms with E-state index in [0.29, 0.717) is 17.0 Å². The molecule has 1 N–H and O–H groups in total. The zero-order valence-corrected chi connectivity index (χ0v) is 19.4. The van der Waals surface area contributed by atoms with Gasteiger partial charge in [-0.25, -0.2) is 4.79 Å². The maximum atomic E-state index is 13.3. The molecule has 4 rings (SSSR count). The molecule has 3 aromatic rings. The molecule has 0 aliphatic heterocycles. The van der Waals surface area contributed by atoms with Crippen LogP contribution in [0.1, 0.15) is 69.3 Å². The lowest BCUT2D eigenvalue weighted by Crippen LogP contribution is -2.18. The van der Waals surface area contributed by atoms with E-state index in [-0.39, 0.29) is 21.2 Å². The van der Waals surface area contributed by atoms with Gasteiger partial charge in [0.2, 0.25) is 0 Å². The molecule has 0 saturated heterocycles. The molecule has 1 atom stereocenters. The van der Waals surface area contributed by atoms with Crippen LogP contribution in [-0.4, -0.2) is 27.8 Å². The van der Waals surface area contributed by atoms with Crippen LogP contribution in [0.4, 0.5) is 18.2 Å². The summed E-state index contributed by atoms with van der Waals surface area (Å²) in [4.78, 5) is 27.3. The third-order valence-electron chi connectivity index (χ3n) is 5.49. The van der Waals surface area contributed by atoms with Crippen molar-refractivity contribution in [3.05, 3.63) is 32.6 Å². The summed E-state index contributed by atoms with van der Waals surface area (Å²) in [6.07, 6.45) is -0.709. The molecule has 0 radical (unpaired) electrons. The van der Waals surface area contributed by atoms with Crippen LogP contribution in [0.5, 0.6) is 0 Å². The summed E-state index contributed by atoms with van der Waals surface area (Å²) in [5.41, 5.74) is 0.261. The first-order valence-corrected chi connectivity index (χ1v) is 11.9. The Balaban J connectivity index is 1.68. The van der Waals surface area contributed by atoms with Crippen LogP contribution in [-0.2, 0) is 30.8 Å². The average molecular weight is 486 g/mol. The molecule has 0 bridgehead atoms. The number of rotatable bonds is 5. The Labute approximate surface area is 190 Å². The molecule has 0 spiro atoms. The molecule has 32 heavy (non-hydrogen) atoms. The molecule has 6 nitrogen and oxygen atoms in total. The first kappa shape index (κ1) is 22.8. The number of hydrogen-bond acceptors (Lipinski definition) is 6.